The van der Waals surface area contributed by atoms with Gasteiger partial charge in [-0.1, -0.05) is 36.4 Å². The highest BCUT2D eigenvalue weighted by Crippen LogP contribution is 2.24. The molecule has 0 radical (unpaired) electrons. The maximum absolute atomic E-state index is 4.46. The first-order valence-electron chi connectivity index (χ1n) is 6.55. The minimum atomic E-state index is -0.00713. The van der Waals surface area contributed by atoms with Gasteiger partial charge in [-0.2, -0.15) is 5.10 Å². The van der Waals surface area contributed by atoms with Crippen LogP contribution in [0.3, 0.4) is 0 Å². The molecule has 1 aromatic carbocycles. The molecule has 0 fully saturated rings. The van der Waals surface area contributed by atoms with Gasteiger partial charge in [0.15, 0.2) is 0 Å². The number of hydrogen-bond donors (Lipinski definition) is 1. The Balaban J connectivity index is 1.96. The number of nitrogens with zero attached hydrogens (tertiary/aromatic N) is 3. The van der Waals surface area contributed by atoms with E-state index in [1.807, 2.05) is 61.9 Å². The summed E-state index contributed by atoms with van der Waals surface area (Å²) in [5.74, 6) is 0.840. The van der Waals surface area contributed by atoms with Crippen LogP contribution in [0.25, 0.3) is 0 Å². The second-order valence-electron chi connectivity index (χ2n) is 4.62. The van der Waals surface area contributed by atoms with E-state index in [1.165, 1.54) is 0 Å². The van der Waals surface area contributed by atoms with Crippen molar-refractivity contribution in [2.24, 2.45) is 7.05 Å². The largest absolute Gasteiger partial charge is 0.356 e. The number of nitrogens with one attached hydrogen (secondary N) is 1. The van der Waals surface area contributed by atoms with Crippen molar-refractivity contribution < 1.29 is 0 Å². The molecule has 1 N–H and O–H groups in total. The predicted molar refractivity (Wildman–Crippen MR) is 79.4 cm³/mol. The molecule has 4 heteroatoms. The summed E-state index contributed by atoms with van der Waals surface area (Å²) in [6, 6.07) is 18.2. The van der Waals surface area contributed by atoms with Crippen LogP contribution in [0.1, 0.15) is 17.3 Å². The fourth-order valence-corrected chi connectivity index (χ4v) is 2.16. The highest BCUT2D eigenvalue weighted by atomic mass is 15.3. The van der Waals surface area contributed by atoms with Gasteiger partial charge in [0.2, 0.25) is 0 Å². The lowest BCUT2D eigenvalue weighted by atomic mass is 10.0. The van der Waals surface area contributed by atoms with Crippen LogP contribution in [0.4, 0.5) is 5.82 Å². The van der Waals surface area contributed by atoms with E-state index in [-0.39, 0.29) is 6.04 Å². The Morgan fingerprint density at radius 3 is 2.45 bits per heavy atom. The Kier molecular flexibility index (Phi) is 3.46. The number of anilines is 1. The quantitative estimate of drug-likeness (QED) is 0.787. The number of aromatic nitrogens is 3. The molecule has 20 heavy (non-hydrogen) atoms. The van der Waals surface area contributed by atoms with Gasteiger partial charge in [-0.25, -0.2) is 0 Å². The summed E-state index contributed by atoms with van der Waals surface area (Å²) in [6.45, 7) is 0. The van der Waals surface area contributed by atoms with Crippen molar-refractivity contribution in [3.05, 3.63) is 78.2 Å². The Bertz CT molecular complexity index is 622. The molecular formula is C16H16N4. The van der Waals surface area contributed by atoms with Crippen molar-refractivity contribution >= 4 is 5.82 Å². The van der Waals surface area contributed by atoms with Crippen LogP contribution >= 0.6 is 0 Å². The van der Waals surface area contributed by atoms with E-state index < -0.39 is 0 Å². The molecule has 4 nitrogen and oxygen atoms in total. The summed E-state index contributed by atoms with van der Waals surface area (Å²) >= 11 is 0. The first-order chi connectivity index (χ1) is 9.83. The number of pyridine rings is 1. The van der Waals surface area contributed by atoms with E-state index >= 15 is 0 Å². The molecule has 0 bridgehead atoms. The first kappa shape index (κ1) is 12.4. The average Bonchev–Trinajstić information content (AvgIpc) is 2.92. The van der Waals surface area contributed by atoms with Gasteiger partial charge in [-0.15, -0.1) is 0 Å². The molecule has 0 saturated carbocycles. The Hall–Kier alpha value is -2.62. The van der Waals surface area contributed by atoms with Gasteiger partial charge in [-0.05, 0) is 17.7 Å². The molecule has 100 valence electrons. The summed E-state index contributed by atoms with van der Waals surface area (Å²) in [5, 5.41) is 7.82. The van der Waals surface area contributed by atoms with Gasteiger partial charge in [-0.3, -0.25) is 9.67 Å². The fourth-order valence-electron chi connectivity index (χ4n) is 2.16. The highest BCUT2D eigenvalue weighted by Gasteiger charge is 2.15. The van der Waals surface area contributed by atoms with Crippen LogP contribution in [-0.4, -0.2) is 14.8 Å². The molecule has 3 aromatic rings. The number of rotatable bonds is 4. The van der Waals surface area contributed by atoms with Crippen molar-refractivity contribution in [3.8, 4) is 0 Å². The van der Waals surface area contributed by atoms with Crippen molar-refractivity contribution in [1.29, 1.82) is 0 Å². The molecule has 0 saturated heterocycles. The molecular weight excluding hydrogens is 248 g/mol. The molecule has 0 spiro atoms. The van der Waals surface area contributed by atoms with Gasteiger partial charge < -0.3 is 5.32 Å². The van der Waals surface area contributed by atoms with Gasteiger partial charge in [0.05, 0.1) is 11.7 Å². The Labute approximate surface area is 118 Å². The normalized spacial score (nSPS) is 12.1. The third-order valence-electron chi connectivity index (χ3n) is 3.12. The van der Waals surface area contributed by atoms with E-state index in [1.54, 1.807) is 4.68 Å². The minimum absolute atomic E-state index is 0.00713. The number of aryl methyl sites for hydroxylation is 1. The molecule has 0 aliphatic carbocycles. The zero-order valence-corrected chi connectivity index (χ0v) is 11.3. The van der Waals surface area contributed by atoms with Gasteiger partial charge in [0.1, 0.15) is 5.82 Å². The van der Waals surface area contributed by atoms with E-state index in [9.17, 15) is 0 Å². The van der Waals surface area contributed by atoms with Crippen molar-refractivity contribution in [2.75, 3.05) is 5.32 Å². The number of benzene rings is 1. The molecule has 3 rings (SSSR count). The minimum Gasteiger partial charge on any atom is -0.356 e. The van der Waals surface area contributed by atoms with Crippen molar-refractivity contribution in [1.82, 2.24) is 14.8 Å². The topological polar surface area (TPSA) is 42.7 Å². The van der Waals surface area contributed by atoms with Crippen LogP contribution in [0.5, 0.6) is 0 Å². The molecule has 0 aliphatic rings. The maximum atomic E-state index is 4.46. The maximum Gasteiger partial charge on any atom is 0.148 e. The Morgan fingerprint density at radius 2 is 1.80 bits per heavy atom. The van der Waals surface area contributed by atoms with Crippen LogP contribution in [0.2, 0.25) is 0 Å². The van der Waals surface area contributed by atoms with Crippen LogP contribution < -0.4 is 5.32 Å². The zero-order chi connectivity index (χ0) is 13.8. The summed E-state index contributed by atoms with van der Waals surface area (Å²) in [7, 11) is 1.91. The molecule has 0 aliphatic heterocycles. The smallest absolute Gasteiger partial charge is 0.148 e. The molecule has 2 heterocycles. The van der Waals surface area contributed by atoms with Gasteiger partial charge >= 0.3 is 0 Å². The predicted octanol–water partition coefficient (Wildman–Crippen LogP) is 3.02. The molecule has 1 unspecified atom stereocenters. The second-order valence-corrected chi connectivity index (χ2v) is 4.62. The number of hydrogen-bond acceptors (Lipinski definition) is 3. The van der Waals surface area contributed by atoms with Gasteiger partial charge in [0, 0.05) is 25.5 Å². The van der Waals surface area contributed by atoms with Crippen molar-refractivity contribution in [3.63, 3.8) is 0 Å². The third kappa shape index (κ3) is 2.69. The van der Waals surface area contributed by atoms with Crippen molar-refractivity contribution in [2.45, 2.75) is 6.04 Å². The third-order valence-corrected chi connectivity index (χ3v) is 3.12. The lowest BCUT2D eigenvalue weighted by Crippen LogP contribution is -2.14. The lowest BCUT2D eigenvalue weighted by molar-refractivity contribution is 0.761. The summed E-state index contributed by atoms with van der Waals surface area (Å²) in [5.41, 5.74) is 2.14. The van der Waals surface area contributed by atoms with E-state index in [0.717, 1.165) is 17.1 Å². The van der Waals surface area contributed by atoms with Crippen LogP contribution in [0, 0.1) is 0 Å². The second kappa shape index (κ2) is 5.57. The lowest BCUT2D eigenvalue weighted by Gasteiger charge is -2.18. The first-order valence-corrected chi connectivity index (χ1v) is 6.55. The highest BCUT2D eigenvalue weighted by molar-refractivity contribution is 5.41. The van der Waals surface area contributed by atoms with E-state index in [4.69, 9.17) is 0 Å². The Morgan fingerprint density at radius 1 is 1.00 bits per heavy atom. The van der Waals surface area contributed by atoms with Crippen LogP contribution in [-0.2, 0) is 7.05 Å². The standard InChI is InChI=1S/C16H16N4/c1-20-12-10-15(19-20)18-16(13-7-3-2-4-8-13)14-9-5-6-11-17-14/h2-12,16H,1H3,(H,18,19). The SMILES string of the molecule is Cn1ccc(NC(c2ccccc2)c2ccccn2)n1. The monoisotopic (exact) mass is 264 g/mol. The molecule has 1 atom stereocenters. The summed E-state index contributed by atoms with van der Waals surface area (Å²) < 4.78 is 1.78. The van der Waals surface area contributed by atoms with E-state index in [2.05, 4.69) is 27.5 Å². The fraction of sp³-hybridized carbons (Fsp3) is 0.125. The zero-order valence-electron chi connectivity index (χ0n) is 11.3. The van der Waals surface area contributed by atoms with Gasteiger partial charge in [0.25, 0.3) is 0 Å². The van der Waals surface area contributed by atoms with Crippen LogP contribution in [0.15, 0.2) is 67.0 Å². The summed E-state index contributed by atoms with van der Waals surface area (Å²) in [6.07, 6.45) is 3.73. The molecule has 2 aromatic heterocycles. The molecule has 0 amide bonds. The summed E-state index contributed by atoms with van der Waals surface area (Å²) in [4.78, 5) is 4.46. The average molecular weight is 264 g/mol. The van der Waals surface area contributed by atoms with E-state index in [0.29, 0.717) is 0 Å².